The lowest BCUT2D eigenvalue weighted by molar-refractivity contribution is -0.131. The molecule has 0 aliphatic carbocycles. The van der Waals surface area contributed by atoms with Crippen LogP contribution in [0, 0.1) is 0 Å². The number of carboxylic acids is 1. The van der Waals surface area contributed by atoms with Crippen LogP contribution in [0.15, 0.2) is 72.8 Å². The van der Waals surface area contributed by atoms with Gasteiger partial charge >= 0.3 is 5.97 Å². The van der Waals surface area contributed by atoms with E-state index in [-0.39, 0.29) is 11.5 Å². The van der Waals surface area contributed by atoms with Crippen LogP contribution < -0.4 is 4.74 Å². The van der Waals surface area contributed by atoms with Crippen molar-refractivity contribution in [1.29, 1.82) is 0 Å². The van der Waals surface area contributed by atoms with Gasteiger partial charge in [0.25, 0.3) is 0 Å². The molecule has 35 heavy (non-hydrogen) atoms. The number of hydrogen-bond acceptors (Lipinski definition) is 3. The number of carbonyl (C=O) groups excluding carboxylic acids is 1. The fourth-order valence-corrected chi connectivity index (χ4v) is 4.06. The number of hydrogen-bond donors (Lipinski definition) is 1. The lowest BCUT2D eigenvalue weighted by Crippen LogP contribution is -2.30. The summed E-state index contributed by atoms with van der Waals surface area (Å²) in [6.07, 6.45) is 6.34. The number of nitrogens with zero attached hydrogens (tertiary/aromatic N) is 1. The van der Waals surface area contributed by atoms with Crippen molar-refractivity contribution in [3.05, 3.63) is 83.9 Å². The lowest BCUT2D eigenvalue weighted by atomic mass is 10.0. The molecule has 0 aliphatic rings. The van der Waals surface area contributed by atoms with Crippen molar-refractivity contribution in [2.24, 2.45) is 0 Å². The highest BCUT2D eigenvalue weighted by Gasteiger charge is 2.13. The van der Waals surface area contributed by atoms with Crippen molar-refractivity contribution in [2.75, 3.05) is 6.54 Å². The van der Waals surface area contributed by atoms with E-state index in [1.807, 2.05) is 48.2 Å². The molecule has 5 heteroatoms. The smallest absolute Gasteiger partial charge is 0.339 e. The molecule has 0 aromatic heterocycles. The monoisotopic (exact) mass is 473 g/mol. The number of carboxylic acid groups (broad SMARTS) is 1. The molecule has 0 heterocycles. The van der Waals surface area contributed by atoms with Crippen LogP contribution in [0.4, 0.5) is 0 Å². The molecule has 5 nitrogen and oxygen atoms in total. The van der Waals surface area contributed by atoms with Crippen LogP contribution in [0.25, 0.3) is 11.1 Å². The van der Waals surface area contributed by atoms with Crippen molar-refractivity contribution >= 4 is 11.9 Å². The first-order valence-electron chi connectivity index (χ1n) is 12.5. The van der Waals surface area contributed by atoms with E-state index in [0.717, 1.165) is 29.5 Å². The van der Waals surface area contributed by atoms with Gasteiger partial charge in [0, 0.05) is 19.5 Å². The molecule has 0 bridgehead atoms. The predicted octanol–water partition coefficient (Wildman–Crippen LogP) is 7.55. The number of benzene rings is 3. The summed E-state index contributed by atoms with van der Waals surface area (Å²) < 4.78 is 5.81. The summed E-state index contributed by atoms with van der Waals surface area (Å²) >= 11 is 0. The predicted molar refractivity (Wildman–Crippen MR) is 140 cm³/mol. The van der Waals surface area contributed by atoms with E-state index in [1.54, 1.807) is 18.2 Å². The minimum atomic E-state index is -1.02. The van der Waals surface area contributed by atoms with Gasteiger partial charge in [0.1, 0.15) is 17.1 Å². The van der Waals surface area contributed by atoms with E-state index in [1.165, 1.54) is 25.3 Å². The van der Waals surface area contributed by atoms with Crippen LogP contribution in [0.5, 0.6) is 11.5 Å². The summed E-state index contributed by atoms with van der Waals surface area (Å²) in [5, 5.41) is 9.35. The number of carbonyl (C=O) groups is 2. The van der Waals surface area contributed by atoms with E-state index >= 15 is 0 Å². The van der Waals surface area contributed by atoms with Gasteiger partial charge in [-0.3, -0.25) is 4.79 Å². The highest BCUT2D eigenvalue weighted by molar-refractivity contribution is 5.90. The zero-order valence-corrected chi connectivity index (χ0v) is 20.7. The molecule has 0 atom stereocenters. The van der Waals surface area contributed by atoms with Gasteiger partial charge in [-0.2, -0.15) is 0 Å². The molecular formula is C30H35NO4. The van der Waals surface area contributed by atoms with Crippen LogP contribution in [0.3, 0.4) is 0 Å². The second kappa shape index (κ2) is 13.3. The van der Waals surface area contributed by atoms with Crippen LogP contribution >= 0.6 is 0 Å². The minimum Gasteiger partial charge on any atom is -0.478 e. The third kappa shape index (κ3) is 7.71. The van der Waals surface area contributed by atoms with Crippen molar-refractivity contribution in [1.82, 2.24) is 4.90 Å². The first-order chi connectivity index (χ1) is 17.0. The zero-order chi connectivity index (χ0) is 25.0. The summed E-state index contributed by atoms with van der Waals surface area (Å²) in [5.74, 6) is 0.0763. The standard InChI is InChI=1S/C30H35NO4/c1-3-5-6-7-8-16-29(32)31(4-2)22-23-12-11-13-25(21-23)24-17-19-26(20-18-24)35-28-15-10-9-14-27(28)30(33)34/h9-15,17-21H,3-8,16,22H2,1-2H3,(H,33,34). The van der Waals surface area contributed by atoms with Crippen molar-refractivity contribution in [3.8, 4) is 22.6 Å². The number of unbranched alkanes of at least 4 members (excludes halogenated alkanes) is 4. The zero-order valence-electron chi connectivity index (χ0n) is 20.7. The van der Waals surface area contributed by atoms with Gasteiger partial charge in [0.15, 0.2) is 0 Å². The Balaban J connectivity index is 1.64. The van der Waals surface area contributed by atoms with Crippen LogP contribution in [0.1, 0.15) is 68.3 Å². The van der Waals surface area contributed by atoms with Gasteiger partial charge in [-0.15, -0.1) is 0 Å². The van der Waals surface area contributed by atoms with E-state index in [2.05, 4.69) is 19.1 Å². The molecule has 0 spiro atoms. The topological polar surface area (TPSA) is 66.8 Å². The Labute approximate surface area is 208 Å². The van der Waals surface area contributed by atoms with E-state index in [0.29, 0.717) is 31.0 Å². The Morgan fingerprint density at radius 3 is 2.29 bits per heavy atom. The Hall–Kier alpha value is -3.60. The largest absolute Gasteiger partial charge is 0.478 e. The molecule has 3 aromatic carbocycles. The van der Waals surface area contributed by atoms with Crippen molar-refractivity contribution in [2.45, 2.75) is 58.9 Å². The first kappa shape index (κ1) is 26.0. The molecule has 184 valence electrons. The Kier molecular flexibility index (Phi) is 9.91. The van der Waals surface area contributed by atoms with Gasteiger partial charge in [-0.25, -0.2) is 4.79 Å². The molecule has 1 amide bonds. The summed E-state index contributed by atoms with van der Waals surface area (Å²) in [6.45, 7) is 5.52. The summed E-state index contributed by atoms with van der Waals surface area (Å²) in [7, 11) is 0. The summed E-state index contributed by atoms with van der Waals surface area (Å²) in [5.41, 5.74) is 3.30. The van der Waals surface area contributed by atoms with Crippen LogP contribution in [-0.2, 0) is 11.3 Å². The highest BCUT2D eigenvalue weighted by atomic mass is 16.5. The number of para-hydroxylation sites is 1. The molecule has 3 rings (SSSR count). The second-order valence-corrected chi connectivity index (χ2v) is 8.70. The normalized spacial score (nSPS) is 10.7. The summed E-state index contributed by atoms with van der Waals surface area (Å²) in [4.78, 5) is 26.0. The number of rotatable bonds is 13. The molecule has 0 saturated heterocycles. The van der Waals surface area contributed by atoms with E-state index in [4.69, 9.17) is 4.74 Å². The van der Waals surface area contributed by atoms with Gasteiger partial charge in [0.05, 0.1) is 0 Å². The SMILES string of the molecule is CCCCCCCC(=O)N(CC)Cc1cccc(-c2ccc(Oc3ccccc3C(=O)O)cc2)c1. The third-order valence-electron chi connectivity index (χ3n) is 6.06. The molecule has 0 unspecified atom stereocenters. The average molecular weight is 474 g/mol. The first-order valence-corrected chi connectivity index (χ1v) is 12.5. The second-order valence-electron chi connectivity index (χ2n) is 8.70. The molecule has 0 aliphatic heterocycles. The Bertz CT molecular complexity index is 1110. The lowest BCUT2D eigenvalue weighted by Gasteiger charge is -2.21. The maximum Gasteiger partial charge on any atom is 0.339 e. The Morgan fingerprint density at radius 2 is 1.57 bits per heavy atom. The minimum absolute atomic E-state index is 0.125. The van der Waals surface area contributed by atoms with Gasteiger partial charge < -0.3 is 14.7 Å². The highest BCUT2D eigenvalue weighted by Crippen LogP contribution is 2.28. The summed E-state index contributed by atoms with van der Waals surface area (Å²) in [6, 6.07) is 22.4. The fourth-order valence-electron chi connectivity index (χ4n) is 4.06. The van der Waals surface area contributed by atoms with Gasteiger partial charge in [0.2, 0.25) is 5.91 Å². The molecule has 0 fully saturated rings. The van der Waals surface area contributed by atoms with Crippen LogP contribution in [0.2, 0.25) is 0 Å². The maximum absolute atomic E-state index is 12.7. The van der Waals surface area contributed by atoms with Crippen molar-refractivity contribution in [3.63, 3.8) is 0 Å². The van der Waals surface area contributed by atoms with Crippen molar-refractivity contribution < 1.29 is 19.4 Å². The Morgan fingerprint density at radius 1 is 0.829 bits per heavy atom. The van der Waals surface area contributed by atoms with Gasteiger partial charge in [-0.1, -0.05) is 75.1 Å². The average Bonchev–Trinajstić information content (AvgIpc) is 2.88. The quantitative estimate of drug-likeness (QED) is 0.260. The number of aromatic carboxylic acids is 1. The molecule has 0 saturated carbocycles. The molecule has 1 N–H and O–H groups in total. The maximum atomic E-state index is 12.7. The third-order valence-corrected chi connectivity index (χ3v) is 6.06. The van der Waals surface area contributed by atoms with E-state index < -0.39 is 5.97 Å². The molecular weight excluding hydrogens is 438 g/mol. The number of amides is 1. The fraction of sp³-hybridized carbons (Fsp3) is 0.333. The molecule has 3 aromatic rings. The molecule has 0 radical (unpaired) electrons. The van der Waals surface area contributed by atoms with Crippen LogP contribution in [-0.4, -0.2) is 28.4 Å². The van der Waals surface area contributed by atoms with E-state index in [9.17, 15) is 14.7 Å². The van der Waals surface area contributed by atoms with Gasteiger partial charge in [-0.05, 0) is 60.4 Å². The number of ether oxygens (including phenoxy) is 1.